The topological polar surface area (TPSA) is 108 Å². The van der Waals surface area contributed by atoms with Crippen molar-refractivity contribution in [3.63, 3.8) is 0 Å². The maximum Gasteiger partial charge on any atom is 0.306 e. The predicted molar refractivity (Wildman–Crippen MR) is 121 cm³/mol. The molecule has 0 aromatic heterocycles. The van der Waals surface area contributed by atoms with Crippen LogP contribution in [0.15, 0.2) is 48.5 Å². The van der Waals surface area contributed by atoms with E-state index in [1.165, 1.54) is 13.2 Å². The molecule has 1 N–H and O–H groups in total. The fourth-order valence-electron chi connectivity index (χ4n) is 2.92. The zero-order valence-electron chi connectivity index (χ0n) is 18.9. The molecule has 0 aliphatic carbocycles. The number of amides is 2. The lowest BCUT2D eigenvalue weighted by atomic mass is 10.1. The fraction of sp³-hybridized carbons (Fsp3) is 0.360. The number of benzene rings is 2. The molecule has 2 aromatic carbocycles. The molecule has 0 radical (unpaired) electrons. The van der Waals surface area contributed by atoms with Crippen molar-refractivity contribution in [3.8, 4) is 11.5 Å². The molecule has 0 aliphatic rings. The summed E-state index contributed by atoms with van der Waals surface area (Å²) >= 11 is 0. The third-order valence-corrected chi connectivity index (χ3v) is 4.72. The van der Waals surface area contributed by atoms with Crippen LogP contribution in [0.5, 0.6) is 11.5 Å². The van der Waals surface area contributed by atoms with Crippen molar-refractivity contribution in [3.05, 3.63) is 59.7 Å². The van der Waals surface area contributed by atoms with Gasteiger partial charge in [0.15, 0.2) is 12.4 Å². The van der Waals surface area contributed by atoms with Crippen molar-refractivity contribution in [2.24, 2.45) is 0 Å². The van der Waals surface area contributed by atoms with E-state index in [1.807, 2.05) is 0 Å². The third kappa shape index (κ3) is 8.76. The standard InChI is InChI=1S/C25H29NO7/c1-3-4-7-16-32-19-12-10-18(11-13-19)21(27)14-15-24(29)33-17-23(28)26-25(30)20-8-5-6-9-22(20)31-2/h5-6,8-13H,3-4,7,14-17H2,1-2H3,(H,26,28,30). The molecular formula is C25H29NO7. The van der Waals surface area contributed by atoms with E-state index in [9.17, 15) is 19.2 Å². The van der Waals surface area contributed by atoms with E-state index in [0.717, 1.165) is 19.3 Å². The van der Waals surface area contributed by atoms with Gasteiger partial charge < -0.3 is 14.2 Å². The van der Waals surface area contributed by atoms with Gasteiger partial charge in [0.2, 0.25) is 0 Å². The summed E-state index contributed by atoms with van der Waals surface area (Å²) in [4.78, 5) is 48.2. The van der Waals surface area contributed by atoms with Crippen LogP contribution in [0.1, 0.15) is 59.7 Å². The lowest BCUT2D eigenvalue weighted by Crippen LogP contribution is -2.34. The molecule has 2 rings (SSSR count). The number of methoxy groups -OCH3 is 1. The van der Waals surface area contributed by atoms with Crippen LogP contribution in [0, 0.1) is 0 Å². The lowest BCUT2D eigenvalue weighted by Gasteiger charge is -2.09. The number of unbranched alkanes of at least 4 members (excludes halogenated alkanes) is 2. The Morgan fingerprint density at radius 1 is 0.909 bits per heavy atom. The number of nitrogens with one attached hydrogen (secondary N) is 1. The molecule has 0 saturated heterocycles. The highest BCUT2D eigenvalue weighted by Crippen LogP contribution is 2.17. The molecule has 0 aliphatic heterocycles. The average Bonchev–Trinajstić information content (AvgIpc) is 2.84. The van der Waals surface area contributed by atoms with E-state index in [-0.39, 0.29) is 24.2 Å². The number of imide groups is 1. The molecule has 0 saturated carbocycles. The van der Waals surface area contributed by atoms with E-state index in [2.05, 4.69) is 12.2 Å². The van der Waals surface area contributed by atoms with Crippen molar-refractivity contribution in [2.75, 3.05) is 20.3 Å². The van der Waals surface area contributed by atoms with Gasteiger partial charge in [-0.2, -0.15) is 0 Å². The number of rotatable bonds is 13. The van der Waals surface area contributed by atoms with Crippen molar-refractivity contribution >= 4 is 23.6 Å². The maximum absolute atomic E-state index is 12.3. The first-order valence-electron chi connectivity index (χ1n) is 10.8. The number of Topliss-reactive ketones (excluding diaryl/α,β-unsaturated/α-hetero) is 1. The molecule has 176 valence electrons. The minimum atomic E-state index is -0.778. The summed E-state index contributed by atoms with van der Waals surface area (Å²) in [5.74, 6) is -1.37. The van der Waals surface area contributed by atoms with Gasteiger partial charge in [-0.3, -0.25) is 24.5 Å². The summed E-state index contributed by atoms with van der Waals surface area (Å²) < 4.78 is 15.5. The zero-order valence-corrected chi connectivity index (χ0v) is 18.9. The molecular weight excluding hydrogens is 426 g/mol. The first kappa shape index (κ1) is 25.6. The second kappa shape index (κ2) is 13.7. The largest absolute Gasteiger partial charge is 0.496 e. The highest BCUT2D eigenvalue weighted by Gasteiger charge is 2.16. The van der Waals surface area contributed by atoms with Gasteiger partial charge in [0.05, 0.1) is 25.7 Å². The number of ketones is 1. The van der Waals surface area contributed by atoms with Gasteiger partial charge in [-0.1, -0.05) is 31.9 Å². The van der Waals surface area contributed by atoms with Crippen LogP contribution in [0.3, 0.4) is 0 Å². The molecule has 0 heterocycles. The van der Waals surface area contributed by atoms with E-state index in [4.69, 9.17) is 14.2 Å². The van der Waals surface area contributed by atoms with Gasteiger partial charge >= 0.3 is 5.97 Å². The van der Waals surface area contributed by atoms with Crippen molar-refractivity contribution in [1.82, 2.24) is 5.32 Å². The summed E-state index contributed by atoms with van der Waals surface area (Å²) in [5.41, 5.74) is 0.645. The second-order valence-electron chi connectivity index (χ2n) is 7.24. The van der Waals surface area contributed by atoms with Crippen LogP contribution in [-0.2, 0) is 14.3 Å². The summed E-state index contributed by atoms with van der Waals surface area (Å²) in [5, 5.41) is 2.13. The van der Waals surface area contributed by atoms with E-state index < -0.39 is 24.4 Å². The van der Waals surface area contributed by atoms with Crippen LogP contribution in [0.25, 0.3) is 0 Å². The van der Waals surface area contributed by atoms with Gasteiger partial charge in [-0.05, 0) is 42.8 Å². The average molecular weight is 456 g/mol. The molecule has 0 bridgehead atoms. The fourth-order valence-corrected chi connectivity index (χ4v) is 2.92. The molecule has 0 unspecified atom stereocenters. The van der Waals surface area contributed by atoms with E-state index >= 15 is 0 Å². The summed E-state index contributed by atoms with van der Waals surface area (Å²) in [6.07, 6.45) is 2.96. The van der Waals surface area contributed by atoms with Gasteiger partial charge in [-0.25, -0.2) is 0 Å². The predicted octanol–water partition coefficient (Wildman–Crippen LogP) is 3.73. The Bertz CT molecular complexity index is 953. The van der Waals surface area contributed by atoms with Crippen LogP contribution in [-0.4, -0.2) is 43.9 Å². The minimum absolute atomic E-state index is 0.0582. The quantitative estimate of drug-likeness (QED) is 0.279. The Kier molecular flexibility index (Phi) is 10.6. The Morgan fingerprint density at radius 2 is 1.64 bits per heavy atom. The second-order valence-corrected chi connectivity index (χ2v) is 7.24. The first-order valence-corrected chi connectivity index (χ1v) is 10.8. The molecule has 0 fully saturated rings. The smallest absolute Gasteiger partial charge is 0.306 e. The number of para-hydroxylation sites is 1. The number of hydrogen-bond donors (Lipinski definition) is 1. The molecule has 0 spiro atoms. The first-order chi connectivity index (χ1) is 15.9. The zero-order chi connectivity index (χ0) is 24.1. The Balaban J connectivity index is 1.71. The number of esters is 1. The molecule has 2 aromatic rings. The van der Waals surface area contributed by atoms with Crippen LogP contribution < -0.4 is 14.8 Å². The van der Waals surface area contributed by atoms with Crippen molar-refractivity contribution in [1.29, 1.82) is 0 Å². The molecule has 8 nitrogen and oxygen atoms in total. The van der Waals surface area contributed by atoms with E-state index in [0.29, 0.717) is 23.7 Å². The minimum Gasteiger partial charge on any atom is -0.496 e. The molecule has 0 atom stereocenters. The third-order valence-electron chi connectivity index (χ3n) is 4.72. The van der Waals surface area contributed by atoms with Gasteiger partial charge in [0, 0.05) is 12.0 Å². The number of ether oxygens (including phenoxy) is 3. The van der Waals surface area contributed by atoms with Gasteiger partial charge in [0.1, 0.15) is 11.5 Å². The Labute approximate surface area is 193 Å². The molecule has 8 heteroatoms. The summed E-state index contributed by atoms with van der Waals surface area (Å²) in [6.45, 7) is 2.12. The summed E-state index contributed by atoms with van der Waals surface area (Å²) in [6, 6.07) is 13.2. The number of hydrogen-bond acceptors (Lipinski definition) is 7. The van der Waals surface area contributed by atoms with Gasteiger partial charge in [-0.15, -0.1) is 0 Å². The van der Waals surface area contributed by atoms with Gasteiger partial charge in [0.25, 0.3) is 11.8 Å². The number of carbonyl (C=O) groups is 4. The molecule has 2 amide bonds. The van der Waals surface area contributed by atoms with Crippen LogP contribution in [0.4, 0.5) is 0 Å². The normalized spacial score (nSPS) is 10.2. The van der Waals surface area contributed by atoms with E-state index in [1.54, 1.807) is 42.5 Å². The Morgan fingerprint density at radius 3 is 2.33 bits per heavy atom. The highest BCUT2D eigenvalue weighted by atomic mass is 16.5. The Hall–Kier alpha value is -3.68. The van der Waals surface area contributed by atoms with Crippen LogP contribution >= 0.6 is 0 Å². The highest BCUT2D eigenvalue weighted by molar-refractivity contribution is 6.06. The van der Waals surface area contributed by atoms with Crippen molar-refractivity contribution in [2.45, 2.75) is 39.0 Å². The molecule has 33 heavy (non-hydrogen) atoms. The van der Waals surface area contributed by atoms with Crippen LogP contribution in [0.2, 0.25) is 0 Å². The van der Waals surface area contributed by atoms with Crippen molar-refractivity contribution < 1.29 is 33.4 Å². The SMILES string of the molecule is CCCCCOc1ccc(C(=O)CCC(=O)OCC(=O)NC(=O)c2ccccc2OC)cc1. The maximum atomic E-state index is 12.3. The monoisotopic (exact) mass is 455 g/mol. The number of carbonyl (C=O) groups excluding carboxylic acids is 4. The lowest BCUT2D eigenvalue weighted by molar-refractivity contribution is -0.148. The summed E-state index contributed by atoms with van der Waals surface area (Å²) in [7, 11) is 1.41.